The Labute approximate surface area is 155 Å². The van der Waals surface area contributed by atoms with E-state index in [1.54, 1.807) is 37.3 Å². The number of cyclic esters (lactones) is 1. The number of imide groups is 1. The van der Waals surface area contributed by atoms with Crippen LogP contribution in [0.5, 0.6) is 0 Å². The van der Waals surface area contributed by atoms with Crippen LogP contribution in [-0.4, -0.2) is 39.1 Å². The molecular weight excluding hydrogens is 351 g/mol. The molecule has 7 heteroatoms. The normalized spacial score (nSPS) is 21.1. The third kappa shape index (κ3) is 4.20. The summed E-state index contributed by atoms with van der Waals surface area (Å²) in [7, 11) is 0. The molecule has 27 heavy (non-hydrogen) atoms. The molecule has 2 amide bonds. The minimum absolute atomic E-state index is 0.319. The summed E-state index contributed by atoms with van der Waals surface area (Å²) in [6, 6.07) is 13.4. The van der Waals surface area contributed by atoms with Gasteiger partial charge in [0.25, 0.3) is 0 Å². The van der Waals surface area contributed by atoms with Gasteiger partial charge in [0.1, 0.15) is 18.0 Å². The number of rotatable bonds is 5. The lowest BCUT2D eigenvalue weighted by Gasteiger charge is -2.20. The molecule has 6 nitrogen and oxygen atoms in total. The minimum Gasteiger partial charge on any atom is -0.439 e. The molecule has 0 aliphatic carbocycles. The highest BCUT2D eigenvalue weighted by atomic mass is 19.1. The number of amides is 2. The minimum atomic E-state index is -1.67. The van der Waals surface area contributed by atoms with Crippen molar-refractivity contribution in [2.45, 2.75) is 31.6 Å². The van der Waals surface area contributed by atoms with E-state index in [9.17, 15) is 19.1 Å². The van der Waals surface area contributed by atoms with Crippen LogP contribution >= 0.6 is 0 Å². The van der Waals surface area contributed by atoms with Crippen LogP contribution in [0.25, 0.3) is 6.08 Å². The van der Waals surface area contributed by atoms with Crippen LogP contribution in [0.3, 0.4) is 0 Å². The summed E-state index contributed by atoms with van der Waals surface area (Å²) in [6.07, 6.45) is -1.11. The fraction of sp³-hybridized carbons (Fsp3) is 0.250. The predicted octanol–water partition coefficient (Wildman–Crippen LogP) is 3.25. The maximum atomic E-state index is 14.1. The Balaban J connectivity index is 1.68. The Bertz CT molecular complexity index is 842. The summed E-state index contributed by atoms with van der Waals surface area (Å²) in [5.74, 6) is -1.61. The van der Waals surface area contributed by atoms with Crippen molar-refractivity contribution >= 4 is 18.1 Å². The van der Waals surface area contributed by atoms with Gasteiger partial charge < -0.3 is 9.84 Å². The van der Waals surface area contributed by atoms with Crippen LogP contribution < -0.4 is 0 Å². The molecule has 0 spiro atoms. The smallest absolute Gasteiger partial charge is 0.417 e. The van der Waals surface area contributed by atoms with E-state index in [4.69, 9.17) is 4.74 Å². The standard InChI is InChI=1S/C20H19FN2O4/c1-13-19(14-7-3-2-4-8-14)27-20(26)23(13)18(25)12-17(24)16(21)11-15-9-5-6-10-22-15/h2-11,13,17,19,24H,12H2,1H3/b16-11-/t13-,17+,19-/m0/s1. The molecule has 1 saturated heterocycles. The van der Waals surface area contributed by atoms with E-state index >= 15 is 0 Å². The second-order valence-corrected chi connectivity index (χ2v) is 6.22. The first-order chi connectivity index (χ1) is 13.0. The van der Waals surface area contributed by atoms with E-state index in [2.05, 4.69) is 4.98 Å². The number of aliphatic hydroxyl groups excluding tert-OH is 1. The second kappa shape index (κ2) is 8.09. The summed E-state index contributed by atoms with van der Waals surface area (Å²) in [6.45, 7) is 1.67. The first kappa shape index (κ1) is 18.7. The molecule has 1 aliphatic rings. The van der Waals surface area contributed by atoms with E-state index in [1.807, 2.05) is 18.2 Å². The molecule has 0 bridgehead atoms. The average Bonchev–Trinajstić information content (AvgIpc) is 2.97. The molecule has 0 radical (unpaired) electrons. The topological polar surface area (TPSA) is 79.7 Å². The van der Waals surface area contributed by atoms with Gasteiger partial charge in [-0.15, -0.1) is 0 Å². The molecule has 2 aromatic rings. The van der Waals surface area contributed by atoms with Gasteiger partial charge in [-0.1, -0.05) is 36.4 Å². The Morgan fingerprint density at radius 1 is 1.30 bits per heavy atom. The fourth-order valence-corrected chi connectivity index (χ4v) is 2.94. The van der Waals surface area contributed by atoms with Crippen molar-refractivity contribution in [2.75, 3.05) is 0 Å². The monoisotopic (exact) mass is 370 g/mol. The maximum absolute atomic E-state index is 14.1. The molecule has 3 rings (SSSR count). The van der Waals surface area contributed by atoms with Crippen LogP contribution in [0.15, 0.2) is 60.6 Å². The molecule has 3 atom stereocenters. The van der Waals surface area contributed by atoms with Crippen molar-refractivity contribution in [3.05, 3.63) is 71.8 Å². The molecule has 1 aromatic heterocycles. The number of pyridine rings is 1. The number of benzene rings is 1. The number of carbonyl (C=O) groups excluding carboxylic acids is 2. The lowest BCUT2D eigenvalue weighted by atomic mass is 10.0. The number of hydrogen-bond donors (Lipinski definition) is 1. The fourth-order valence-electron chi connectivity index (χ4n) is 2.94. The van der Waals surface area contributed by atoms with Crippen LogP contribution in [0, 0.1) is 0 Å². The molecule has 0 saturated carbocycles. The van der Waals surface area contributed by atoms with Crippen molar-refractivity contribution in [3.8, 4) is 0 Å². The van der Waals surface area contributed by atoms with Crippen LogP contribution in [0.4, 0.5) is 9.18 Å². The quantitative estimate of drug-likeness (QED) is 0.874. The molecule has 2 heterocycles. The highest BCUT2D eigenvalue weighted by molar-refractivity contribution is 5.94. The third-order valence-electron chi connectivity index (χ3n) is 4.33. The second-order valence-electron chi connectivity index (χ2n) is 6.22. The highest BCUT2D eigenvalue weighted by Crippen LogP contribution is 2.33. The van der Waals surface area contributed by atoms with Crippen LogP contribution in [0.2, 0.25) is 0 Å². The van der Waals surface area contributed by atoms with E-state index in [1.165, 1.54) is 6.20 Å². The van der Waals surface area contributed by atoms with E-state index in [0.717, 1.165) is 16.5 Å². The van der Waals surface area contributed by atoms with Gasteiger partial charge in [0.15, 0.2) is 0 Å². The number of carbonyl (C=O) groups is 2. The largest absolute Gasteiger partial charge is 0.439 e. The van der Waals surface area contributed by atoms with Crippen molar-refractivity contribution in [2.24, 2.45) is 0 Å². The van der Waals surface area contributed by atoms with Crippen molar-refractivity contribution < 1.29 is 23.8 Å². The zero-order valence-electron chi connectivity index (χ0n) is 14.7. The number of aromatic nitrogens is 1. The predicted molar refractivity (Wildman–Crippen MR) is 95.9 cm³/mol. The van der Waals surface area contributed by atoms with Crippen molar-refractivity contribution in [3.63, 3.8) is 0 Å². The van der Waals surface area contributed by atoms with E-state index in [-0.39, 0.29) is 0 Å². The van der Waals surface area contributed by atoms with Gasteiger partial charge in [0.05, 0.1) is 18.2 Å². The number of hydrogen-bond acceptors (Lipinski definition) is 5. The van der Waals surface area contributed by atoms with Crippen molar-refractivity contribution in [1.82, 2.24) is 9.88 Å². The van der Waals surface area contributed by atoms with Gasteiger partial charge >= 0.3 is 6.09 Å². The lowest BCUT2D eigenvalue weighted by molar-refractivity contribution is -0.130. The number of aliphatic hydroxyl groups is 1. The van der Waals surface area contributed by atoms with Gasteiger partial charge in [-0.25, -0.2) is 14.1 Å². The van der Waals surface area contributed by atoms with Crippen molar-refractivity contribution in [1.29, 1.82) is 0 Å². The SMILES string of the molecule is C[C@H]1[C@@H](c2ccccc2)OC(=O)N1C(=O)C[C@@H](O)/C(F)=C/c1ccccn1. The Morgan fingerprint density at radius 3 is 2.67 bits per heavy atom. The van der Waals surface area contributed by atoms with E-state index < -0.39 is 42.5 Å². The Morgan fingerprint density at radius 2 is 2.00 bits per heavy atom. The molecule has 1 fully saturated rings. The van der Waals surface area contributed by atoms with E-state index in [0.29, 0.717) is 5.69 Å². The van der Waals surface area contributed by atoms with Gasteiger partial charge in [-0.05, 0) is 30.7 Å². The van der Waals surface area contributed by atoms with Gasteiger partial charge in [-0.3, -0.25) is 9.78 Å². The van der Waals surface area contributed by atoms with Gasteiger partial charge in [-0.2, -0.15) is 0 Å². The Hall–Kier alpha value is -3.06. The van der Waals surface area contributed by atoms with Gasteiger partial charge in [0, 0.05) is 6.20 Å². The molecule has 1 aromatic carbocycles. The summed E-state index contributed by atoms with van der Waals surface area (Å²) in [4.78, 5) is 29.5. The first-order valence-electron chi connectivity index (χ1n) is 8.51. The van der Waals surface area contributed by atoms with Crippen LogP contribution in [0.1, 0.15) is 30.7 Å². The summed E-state index contributed by atoms with van der Waals surface area (Å²) < 4.78 is 19.4. The molecule has 1 aliphatic heterocycles. The number of nitrogens with zero attached hydrogens (tertiary/aromatic N) is 2. The molecular formula is C20H19FN2O4. The maximum Gasteiger partial charge on any atom is 0.417 e. The molecule has 1 N–H and O–H groups in total. The lowest BCUT2D eigenvalue weighted by Crippen LogP contribution is -2.39. The van der Waals surface area contributed by atoms with Gasteiger partial charge in [0.2, 0.25) is 5.91 Å². The number of halogens is 1. The Kier molecular flexibility index (Phi) is 5.61. The summed E-state index contributed by atoms with van der Waals surface area (Å²) >= 11 is 0. The molecule has 0 unspecified atom stereocenters. The average molecular weight is 370 g/mol. The molecule has 140 valence electrons. The summed E-state index contributed by atoms with van der Waals surface area (Å²) in [5.41, 5.74) is 1.08. The summed E-state index contributed by atoms with van der Waals surface area (Å²) in [5, 5.41) is 9.99. The first-order valence-corrected chi connectivity index (χ1v) is 8.51. The third-order valence-corrected chi connectivity index (χ3v) is 4.33. The zero-order chi connectivity index (χ0) is 19.4. The highest BCUT2D eigenvalue weighted by Gasteiger charge is 2.43. The zero-order valence-corrected chi connectivity index (χ0v) is 14.7. The number of ether oxygens (including phenoxy) is 1. The van der Waals surface area contributed by atoms with Crippen LogP contribution in [-0.2, 0) is 9.53 Å².